The Hall–Kier alpha value is -2.11. The first-order valence-corrected chi connectivity index (χ1v) is 7.69. The van der Waals surface area contributed by atoms with Crippen molar-refractivity contribution >= 4 is 29.0 Å². The van der Waals surface area contributed by atoms with Crippen molar-refractivity contribution in [3.63, 3.8) is 0 Å². The summed E-state index contributed by atoms with van der Waals surface area (Å²) in [5.74, 6) is 1.89. The molecular weight excluding hydrogens is 335 g/mol. The number of halogens is 2. The number of hydrogen-bond donors (Lipinski definition) is 0. The van der Waals surface area contributed by atoms with Crippen molar-refractivity contribution in [2.75, 3.05) is 19.0 Å². The van der Waals surface area contributed by atoms with Crippen LogP contribution >= 0.6 is 23.2 Å². The zero-order chi connectivity index (χ0) is 16.4. The first-order valence-electron chi connectivity index (χ1n) is 6.93. The maximum absolute atomic E-state index is 6.01. The van der Waals surface area contributed by atoms with E-state index < -0.39 is 0 Å². The fourth-order valence-corrected chi connectivity index (χ4v) is 2.37. The highest BCUT2D eigenvalue weighted by molar-refractivity contribution is 6.42. The summed E-state index contributed by atoms with van der Waals surface area (Å²) in [6.45, 7) is 0. The van der Waals surface area contributed by atoms with Crippen molar-refractivity contribution in [2.24, 2.45) is 0 Å². The molecule has 3 rings (SSSR count). The van der Waals surface area contributed by atoms with Crippen molar-refractivity contribution in [1.82, 2.24) is 15.1 Å². The van der Waals surface area contributed by atoms with Crippen LogP contribution in [0.3, 0.4) is 0 Å². The molecule has 0 atom stereocenters. The van der Waals surface area contributed by atoms with Crippen LogP contribution in [0.4, 0.5) is 5.82 Å². The molecule has 0 radical (unpaired) electrons. The molecule has 0 aliphatic heterocycles. The number of rotatable bonds is 4. The van der Waals surface area contributed by atoms with Gasteiger partial charge in [0.05, 0.1) is 16.5 Å². The molecule has 1 aromatic carbocycles. The van der Waals surface area contributed by atoms with E-state index in [1.54, 1.807) is 18.3 Å². The van der Waals surface area contributed by atoms with Crippen LogP contribution in [0.15, 0.2) is 41.1 Å². The molecule has 2 aromatic heterocycles. The molecule has 23 heavy (non-hydrogen) atoms. The molecule has 0 saturated carbocycles. The maximum atomic E-state index is 6.01. The van der Waals surface area contributed by atoms with Crippen LogP contribution < -0.4 is 4.90 Å². The van der Waals surface area contributed by atoms with E-state index >= 15 is 0 Å². The molecular formula is C16H14Cl2N4O. The van der Waals surface area contributed by atoms with Crippen LogP contribution in [0.5, 0.6) is 0 Å². The van der Waals surface area contributed by atoms with Crippen molar-refractivity contribution in [3.05, 3.63) is 58.0 Å². The molecule has 0 saturated heterocycles. The SMILES string of the molecule is CN(C)c1ccc(-c2noc(Cc3ccc(Cl)c(Cl)c3)n2)cn1. The lowest BCUT2D eigenvalue weighted by Crippen LogP contribution is -2.10. The molecule has 7 heteroatoms. The quantitative estimate of drug-likeness (QED) is 0.710. The maximum Gasteiger partial charge on any atom is 0.231 e. The number of pyridine rings is 1. The number of nitrogens with zero attached hydrogens (tertiary/aromatic N) is 4. The van der Waals surface area contributed by atoms with Gasteiger partial charge in [0.1, 0.15) is 5.82 Å². The predicted octanol–water partition coefficient (Wildman–Crippen LogP) is 4.10. The van der Waals surface area contributed by atoms with Crippen molar-refractivity contribution in [3.8, 4) is 11.4 Å². The van der Waals surface area contributed by atoms with E-state index in [1.165, 1.54) is 0 Å². The van der Waals surface area contributed by atoms with E-state index in [0.29, 0.717) is 28.2 Å². The van der Waals surface area contributed by atoms with E-state index in [-0.39, 0.29) is 0 Å². The third-order valence-electron chi connectivity index (χ3n) is 3.27. The molecule has 0 aliphatic rings. The summed E-state index contributed by atoms with van der Waals surface area (Å²) in [4.78, 5) is 10.7. The van der Waals surface area contributed by atoms with Gasteiger partial charge in [0.15, 0.2) is 0 Å². The van der Waals surface area contributed by atoms with Crippen LogP contribution in [-0.2, 0) is 6.42 Å². The predicted molar refractivity (Wildman–Crippen MR) is 91.1 cm³/mol. The van der Waals surface area contributed by atoms with Gasteiger partial charge in [-0.3, -0.25) is 0 Å². The molecule has 118 valence electrons. The highest BCUT2D eigenvalue weighted by Crippen LogP contribution is 2.24. The largest absolute Gasteiger partial charge is 0.363 e. The van der Waals surface area contributed by atoms with E-state index in [0.717, 1.165) is 16.9 Å². The topological polar surface area (TPSA) is 55.1 Å². The Morgan fingerprint density at radius 2 is 1.91 bits per heavy atom. The summed E-state index contributed by atoms with van der Waals surface area (Å²) in [7, 11) is 3.87. The first-order chi connectivity index (χ1) is 11.0. The third kappa shape index (κ3) is 3.63. The highest BCUT2D eigenvalue weighted by Gasteiger charge is 2.11. The lowest BCUT2D eigenvalue weighted by Gasteiger charge is -2.10. The lowest BCUT2D eigenvalue weighted by atomic mass is 10.1. The van der Waals surface area contributed by atoms with E-state index in [9.17, 15) is 0 Å². The molecule has 0 spiro atoms. The zero-order valence-electron chi connectivity index (χ0n) is 12.6. The van der Waals surface area contributed by atoms with Gasteiger partial charge in [-0.2, -0.15) is 4.98 Å². The number of benzene rings is 1. The summed E-state index contributed by atoms with van der Waals surface area (Å²) >= 11 is 11.9. The van der Waals surface area contributed by atoms with Crippen LogP contribution in [-0.4, -0.2) is 29.2 Å². The summed E-state index contributed by atoms with van der Waals surface area (Å²) in [6.07, 6.45) is 2.22. The van der Waals surface area contributed by atoms with Gasteiger partial charge in [-0.1, -0.05) is 34.4 Å². The van der Waals surface area contributed by atoms with Crippen LogP contribution in [0.2, 0.25) is 10.0 Å². The van der Waals surface area contributed by atoms with E-state index in [4.69, 9.17) is 27.7 Å². The van der Waals surface area contributed by atoms with Crippen molar-refractivity contribution < 1.29 is 4.52 Å². The molecule has 0 N–H and O–H groups in total. The number of hydrogen-bond acceptors (Lipinski definition) is 5. The van der Waals surface area contributed by atoms with Gasteiger partial charge in [0.2, 0.25) is 11.7 Å². The van der Waals surface area contributed by atoms with Gasteiger partial charge < -0.3 is 9.42 Å². The molecule has 0 bridgehead atoms. The van der Waals surface area contributed by atoms with Gasteiger partial charge in [-0.05, 0) is 29.8 Å². The monoisotopic (exact) mass is 348 g/mol. The Balaban J connectivity index is 1.78. The standard InChI is InChI=1S/C16H14Cl2N4O/c1-22(2)14-6-4-11(9-19-14)16-20-15(23-21-16)8-10-3-5-12(17)13(18)7-10/h3-7,9H,8H2,1-2H3. The summed E-state index contributed by atoms with van der Waals surface area (Å²) in [5.41, 5.74) is 1.76. The number of aromatic nitrogens is 3. The average Bonchev–Trinajstić information content (AvgIpc) is 2.99. The lowest BCUT2D eigenvalue weighted by molar-refractivity contribution is 0.385. The van der Waals surface area contributed by atoms with Gasteiger partial charge in [0.25, 0.3) is 0 Å². The smallest absolute Gasteiger partial charge is 0.231 e. The fraction of sp³-hybridized carbons (Fsp3) is 0.188. The first kappa shape index (κ1) is 15.8. The Morgan fingerprint density at radius 1 is 1.09 bits per heavy atom. The zero-order valence-corrected chi connectivity index (χ0v) is 14.1. The Kier molecular flexibility index (Phi) is 4.50. The van der Waals surface area contributed by atoms with Gasteiger partial charge in [0, 0.05) is 25.9 Å². The molecule has 0 unspecified atom stereocenters. The highest BCUT2D eigenvalue weighted by atomic mass is 35.5. The third-order valence-corrected chi connectivity index (χ3v) is 4.01. The van der Waals surface area contributed by atoms with Gasteiger partial charge in [-0.25, -0.2) is 4.98 Å². The second-order valence-electron chi connectivity index (χ2n) is 5.24. The summed E-state index contributed by atoms with van der Waals surface area (Å²) in [5, 5.41) is 5.03. The van der Waals surface area contributed by atoms with Crippen LogP contribution in [0.1, 0.15) is 11.5 Å². The van der Waals surface area contributed by atoms with Crippen LogP contribution in [0.25, 0.3) is 11.4 Å². The van der Waals surface area contributed by atoms with Crippen molar-refractivity contribution in [2.45, 2.75) is 6.42 Å². The minimum Gasteiger partial charge on any atom is -0.363 e. The molecule has 0 amide bonds. The molecule has 0 aliphatic carbocycles. The molecule has 5 nitrogen and oxygen atoms in total. The van der Waals surface area contributed by atoms with Crippen molar-refractivity contribution in [1.29, 1.82) is 0 Å². The molecule has 0 fully saturated rings. The van der Waals surface area contributed by atoms with E-state index in [2.05, 4.69) is 15.1 Å². The van der Waals surface area contributed by atoms with Gasteiger partial charge >= 0.3 is 0 Å². The summed E-state index contributed by atoms with van der Waals surface area (Å²) < 4.78 is 5.30. The second-order valence-corrected chi connectivity index (χ2v) is 6.05. The summed E-state index contributed by atoms with van der Waals surface area (Å²) in [6, 6.07) is 9.24. The minimum absolute atomic E-state index is 0.493. The normalized spacial score (nSPS) is 10.8. The molecule has 3 aromatic rings. The van der Waals surface area contributed by atoms with Gasteiger partial charge in [-0.15, -0.1) is 0 Å². The number of anilines is 1. The second kappa shape index (κ2) is 6.56. The Morgan fingerprint density at radius 3 is 2.57 bits per heavy atom. The van der Waals surface area contributed by atoms with E-state index in [1.807, 2.05) is 37.2 Å². The fourth-order valence-electron chi connectivity index (χ4n) is 2.05. The minimum atomic E-state index is 0.493. The Bertz CT molecular complexity index is 815. The average molecular weight is 349 g/mol. The Labute approximate surface area is 143 Å². The van der Waals surface area contributed by atoms with Crippen LogP contribution in [0, 0.1) is 0 Å². The molecule has 2 heterocycles.